The number of rotatable bonds is 6. The molecule has 2 aliphatic rings. The third kappa shape index (κ3) is 5.75. The van der Waals surface area contributed by atoms with E-state index in [1.165, 1.54) is 44.5 Å². The van der Waals surface area contributed by atoms with Gasteiger partial charge in [0.2, 0.25) is 0 Å². The molecule has 0 radical (unpaired) electrons. The Bertz CT molecular complexity index is 1570. The van der Waals surface area contributed by atoms with Crippen LogP contribution in [0.1, 0.15) is 109 Å². The van der Waals surface area contributed by atoms with Crippen molar-refractivity contribution in [3.63, 3.8) is 0 Å². The van der Waals surface area contributed by atoms with Gasteiger partial charge in [0.05, 0.1) is 0 Å². The first-order chi connectivity index (χ1) is 20.5. The number of benzene rings is 4. The molecule has 218 valence electrons. The average Bonchev–Trinajstić information content (AvgIpc) is 3.54. The van der Waals surface area contributed by atoms with Crippen molar-refractivity contribution in [2.75, 3.05) is 0 Å². The summed E-state index contributed by atoms with van der Waals surface area (Å²) in [4.78, 5) is 0. The van der Waals surface area contributed by atoms with E-state index in [1.807, 2.05) is 0 Å². The summed E-state index contributed by atoms with van der Waals surface area (Å²) in [6.45, 7) is 18.5. The third-order valence-electron chi connectivity index (χ3n) is 9.58. The summed E-state index contributed by atoms with van der Waals surface area (Å²) in [5.74, 6) is 0. The first kappa shape index (κ1) is 30.3. The Hall–Kier alpha value is -2.77. The molecule has 4 aromatic carbocycles. The van der Waals surface area contributed by atoms with E-state index in [9.17, 15) is 0 Å². The predicted molar refractivity (Wildman–Crippen MR) is 183 cm³/mol. The molecule has 0 N–H and O–H groups in total. The zero-order valence-corrected chi connectivity index (χ0v) is 30.9. The molecule has 0 bridgehead atoms. The van der Waals surface area contributed by atoms with Crippen LogP contribution >= 0.6 is 0 Å². The van der Waals surface area contributed by atoms with Gasteiger partial charge in [0.15, 0.2) is 0 Å². The molecule has 0 aromatic heterocycles. The summed E-state index contributed by atoms with van der Waals surface area (Å²) in [7, 11) is 0. The van der Waals surface area contributed by atoms with Crippen molar-refractivity contribution in [1.29, 1.82) is 0 Å². The van der Waals surface area contributed by atoms with E-state index in [4.69, 9.17) is 0 Å². The van der Waals surface area contributed by atoms with Gasteiger partial charge in [-0.25, -0.2) is 0 Å². The monoisotopic (exact) mass is 730 g/mol. The van der Waals surface area contributed by atoms with E-state index in [0.29, 0.717) is 7.35 Å². The molecule has 0 heterocycles. The second-order valence-corrected chi connectivity index (χ2v) is 19.8. The molecule has 4 aromatic rings. The Morgan fingerprint density at radius 3 is 1.21 bits per heavy atom. The Balaban J connectivity index is 1.35. The summed E-state index contributed by atoms with van der Waals surface area (Å²) in [5.41, 5.74) is 18.1. The zero-order valence-electron chi connectivity index (χ0n) is 27.3. The minimum absolute atomic E-state index is 0.170. The van der Waals surface area contributed by atoms with E-state index >= 15 is 0 Å². The molecular formula is C42H46Hf. The van der Waals surface area contributed by atoms with Crippen molar-refractivity contribution in [2.24, 2.45) is 0 Å². The molecule has 43 heavy (non-hydrogen) atoms. The molecule has 0 saturated heterocycles. The maximum atomic E-state index is 2.57. The van der Waals surface area contributed by atoms with Crippen molar-refractivity contribution >= 4 is 12.2 Å². The van der Waals surface area contributed by atoms with Crippen LogP contribution in [0, 0.1) is 0 Å². The van der Waals surface area contributed by atoms with Gasteiger partial charge in [0.25, 0.3) is 0 Å². The van der Waals surface area contributed by atoms with Gasteiger partial charge < -0.3 is 0 Å². The second-order valence-electron chi connectivity index (χ2n) is 14.4. The Labute approximate surface area is 271 Å². The molecule has 0 fully saturated rings. The van der Waals surface area contributed by atoms with Gasteiger partial charge in [-0.15, -0.1) is 0 Å². The van der Waals surface area contributed by atoms with Gasteiger partial charge in [-0.1, -0.05) is 0 Å². The number of hydrogen-bond acceptors (Lipinski definition) is 0. The topological polar surface area (TPSA) is 0 Å². The molecule has 0 nitrogen and oxygen atoms in total. The molecule has 2 unspecified atom stereocenters. The summed E-state index contributed by atoms with van der Waals surface area (Å²) in [6.07, 6.45) is 7.41. The second kappa shape index (κ2) is 11.6. The molecule has 0 saturated carbocycles. The van der Waals surface area contributed by atoms with Gasteiger partial charge in [-0.05, 0) is 0 Å². The van der Waals surface area contributed by atoms with E-state index in [1.54, 1.807) is 22.3 Å². The van der Waals surface area contributed by atoms with E-state index in [-0.39, 0.29) is 10.8 Å². The fraction of sp³-hybridized carbons (Fsp3) is 0.333. The first-order valence-corrected chi connectivity index (χ1v) is 20.3. The van der Waals surface area contributed by atoms with Gasteiger partial charge in [-0.3, -0.25) is 0 Å². The van der Waals surface area contributed by atoms with Crippen molar-refractivity contribution in [3.05, 3.63) is 129 Å². The number of allylic oxidation sites excluding steroid dienone is 2. The Kier molecular flexibility index (Phi) is 8.18. The SMILES string of the molecule is CCC1=Cc2c(-c3ccc(C(C)(C)C)cc3)cccc2[CH]1[Hf][CH]1C(CC)=Cc2c(-c3ccc(C(C)(C)C)cc3)cccc21. The molecule has 0 amide bonds. The summed E-state index contributed by atoms with van der Waals surface area (Å²) >= 11 is -1.22. The standard InChI is InChI=1S/2C21H23.Hf/c2*1-5-15-13-17-7-6-8-19(20(17)14-15)16-9-11-18(12-10-16)21(2,3)4;/h2*6-14H,5H2,1-4H3;. The normalized spacial score (nSPS) is 17.8. The van der Waals surface area contributed by atoms with Crippen LogP contribution in [-0.2, 0) is 33.7 Å². The van der Waals surface area contributed by atoms with Crippen LogP contribution in [0.25, 0.3) is 34.4 Å². The van der Waals surface area contributed by atoms with Crippen LogP contribution in [0.3, 0.4) is 0 Å². The van der Waals surface area contributed by atoms with Crippen LogP contribution in [0.15, 0.2) is 96.1 Å². The van der Waals surface area contributed by atoms with Crippen molar-refractivity contribution < 1.29 is 22.9 Å². The van der Waals surface area contributed by atoms with Crippen LogP contribution in [0.2, 0.25) is 0 Å². The van der Waals surface area contributed by atoms with Crippen LogP contribution in [-0.4, -0.2) is 0 Å². The first-order valence-electron chi connectivity index (χ1n) is 16.1. The van der Waals surface area contributed by atoms with E-state index in [0.717, 1.165) is 12.8 Å². The summed E-state index contributed by atoms with van der Waals surface area (Å²) in [5, 5.41) is 0. The van der Waals surface area contributed by atoms with Gasteiger partial charge in [0.1, 0.15) is 0 Å². The minimum atomic E-state index is -1.22. The van der Waals surface area contributed by atoms with Crippen LogP contribution in [0.5, 0.6) is 0 Å². The molecule has 0 aliphatic heterocycles. The zero-order chi connectivity index (χ0) is 30.5. The van der Waals surface area contributed by atoms with Crippen molar-refractivity contribution in [3.8, 4) is 22.3 Å². The summed E-state index contributed by atoms with van der Waals surface area (Å²) in [6, 6.07) is 32.8. The molecular weight excluding hydrogens is 683 g/mol. The fourth-order valence-electron chi connectivity index (χ4n) is 6.90. The van der Waals surface area contributed by atoms with Crippen LogP contribution in [0.4, 0.5) is 0 Å². The van der Waals surface area contributed by atoms with E-state index < -0.39 is 22.9 Å². The van der Waals surface area contributed by atoms with Gasteiger partial charge in [-0.2, -0.15) is 0 Å². The number of fused-ring (bicyclic) bond motifs is 2. The average molecular weight is 729 g/mol. The Morgan fingerprint density at radius 2 is 0.884 bits per heavy atom. The Morgan fingerprint density at radius 1 is 0.512 bits per heavy atom. The molecule has 1 heteroatoms. The van der Waals surface area contributed by atoms with Crippen molar-refractivity contribution in [2.45, 2.75) is 86.4 Å². The number of hydrogen-bond donors (Lipinski definition) is 0. The predicted octanol–water partition coefficient (Wildman–Crippen LogP) is 12.1. The maximum absolute atomic E-state index is 2.57. The summed E-state index contributed by atoms with van der Waals surface area (Å²) < 4.78 is 1.30. The van der Waals surface area contributed by atoms with E-state index in [2.05, 4.69) is 152 Å². The van der Waals surface area contributed by atoms with Gasteiger partial charge >= 0.3 is 273 Å². The fourth-order valence-corrected chi connectivity index (χ4v) is 14.8. The third-order valence-corrected chi connectivity index (χ3v) is 16.9. The van der Waals surface area contributed by atoms with Crippen molar-refractivity contribution in [1.82, 2.24) is 0 Å². The van der Waals surface area contributed by atoms with Crippen LogP contribution < -0.4 is 0 Å². The molecule has 0 spiro atoms. The van der Waals surface area contributed by atoms with Gasteiger partial charge in [0, 0.05) is 0 Å². The molecule has 2 aliphatic carbocycles. The quantitative estimate of drug-likeness (QED) is 0.173. The molecule has 2 atom stereocenters. The molecule has 6 rings (SSSR count).